The monoisotopic (exact) mass is 575 g/mol. The Morgan fingerprint density at radius 2 is 0.933 bits per heavy atom. The maximum absolute atomic E-state index is 2.69. The molecule has 0 aromatic heterocycles. The molecule has 0 amide bonds. The van der Waals surface area contributed by atoms with Gasteiger partial charge in [0, 0.05) is 16.8 Å². The molecule has 10 rings (SSSR count). The highest BCUT2D eigenvalue weighted by Gasteiger charge is 2.57. The molecule has 0 unspecified atom stereocenters. The molecule has 0 radical (unpaired) electrons. The third kappa shape index (κ3) is 2.80. The van der Waals surface area contributed by atoms with E-state index in [-0.39, 0.29) is 12.1 Å². The number of benzene rings is 6. The number of rotatable bonds is 1. The van der Waals surface area contributed by atoms with Crippen molar-refractivity contribution in [2.24, 2.45) is 0 Å². The maximum Gasteiger partial charge on any atom is 0.247 e. The van der Waals surface area contributed by atoms with Gasteiger partial charge < -0.3 is 4.90 Å². The van der Waals surface area contributed by atoms with E-state index in [0.717, 1.165) is 0 Å². The molecule has 4 aliphatic rings. The Kier molecular flexibility index (Phi) is 4.68. The van der Waals surface area contributed by atoms with E-state index in [0.29, 0.717) is 0 Å². The van der Waals surface area contributed by atoms with Crippen molar-refractivity contribution >= 4 is 40.2 Å². The van der Waals surface area contributed by atoms with Crippen LogP contribution < -0.4 is 21.3 Å². The molecule has 0 atom stereocenters. The molecule has 0 saturated carbocycles. The molecule has 3 heterocycles. The standard InChI is InChI=1S/C43H34BN/c1-25-23-26(2)38(27(3)24-25)44-36-21-11-18-33-40(36)45-39-32(42(33,4)5)17-10-19-34(39)43(35-20-12-22-37(44)41(35)45)30-15-8-6-13-28(30)29-14-7-9-16-31(29)43/h6-24H,1-5H3. The predicted molar refractivity (Wildman–Crippen MR) is 189 cm³/mol. The molecule has 6 aromatic carbocycles. The minimum absolute atomic E-state index is 0.151. The lowest BCUT2D eigenvalue weighted by Crippen LogP contribution is -2.61. The number of anilines is 3. The number of nitrogens with zero attached hydrogens (tertiary/aromatic N) is 1. The van der Waals surface area contributed by atoms with Crippen LogP contribution in [-0.2, 0) is 10.8 Å². The number of hydrogen-bond donors (Lipinski definition) is 0. The van der Waals surface area contributed by atoms with Crippen LogP contribution in [0.25, 0.3) is 11.1 Å². The third-order valence-corrected chi connectivity index (χ3v) is 11.6. The van der Waals surface area contributed by atoms with Gasteiger partial charge in [-0.2, -0.15) is 0 Å². The van der Waals surface area contributed by atoms with E-state index >= 15 is 0 Å². The minimum atomic E-state index is -0.401. The van der Waals surface area contributed by atoms with Gasteiger partial charge in [-0.3, -0.25) is 0 Å². The Morgan fingerprint density at radius 1 is 0.489 bits per heavy atom. The van der Waals surface area contributed by atoms with Gasteiger partial charge in [-0.15, -0.1) is 0 Å². The molecule has 0 bridgehead atoms. The Balaban J connectivity index is 1.44. The Bertz CT molecular complexity index is 2240. The van der Waals surface area contributed by atoms with E-state index in [1.54, 1.807) is 0 Å². The highest BCUT2D eigenvalue weighted by Crippen LogP contribution is 2.66. The van der Waals surface area contributed by atoms with Crippen LogP contribution >= 0.6 is 0 Å². The Morgan fingerprint density at radius 3 is 1.53 bits per heavy atom. The van der Waals surface area contributed by atoms with Crippen LogP contribution in [0.4, 0.5) is 17.1 Å². The van der Waals surface area contributed by atoms with Crippen LogP contribution in [0.15, 0.2) is 115 Å². The van der Waals surface area contributed by atoms with Gasteiger partial charge in [-0.1, -0.05) is 151 Å². The van der Waals surface area contributed by atoms with Crippen LogP contribution in [-0.4, -0.2) is 6.71 Å². The second-order valence-corrected chi connectivity index (χ2v) is 14.2. The summed E-state index contributed by atoms with van der Waals surface area (Å²) in [6.45, 7) is 11.9. The molecular formula is C43H34BN. The van der Waals surface area contributed by atoms with Crippen molar-refractivity contribution in [1.29, 1.82) is 0 Å². The summed E-state index contributed by atoms with van der Waals surface area (Å²) in [7, 11) is 0. The molecule has 2 heteroatoms. The maximum atomic E-state index is 2.69. The van der Waals surface area contributed by atoms with E-state index < -0.39 is 5.41 Å². The van der Waals surface area contributed by atoms with Gasteiger partial charge in [0.2, 0.25) is 6.71 Å². The van der Waals surface area contributed by atoms with E-state index in [4.69, 9.17) is 0 Å². The topological polar surface area (TPSA) is 3.24 Å². The van der Waals surface area contributed by atoms with Crippen molar-refractivity contribution in [2.45, 2.75) is 45.4 Å². The zero-order chi connectivity index (χ0) is 30.4. The largest absolute Gasteiger partial charge is 0.310 e. The van der Waals surface area contributed by atoms with E-state index in [2.05, 4.69) is 155 Å². The lowest BCUT2D eigenvalue weighted by Gasteiger charge is -2.54. The molecule has 6 aromatic rings. The van der Waals surface area contributed by atoms with Crippen molar-refractivity contribution < 1.29 is 0 Å². The summed E-state index contributed by atoms with van der Waals surface area (Å²) in [5.74, 6) is 0. The second kappa shape index (κ2) is 8.26. The smallest absolute Gasteiger partial charge is 0.247 e. The van der Waals surface area contributed by atoms with Gasteiger partial charge in [-0.25, -0.2) is 0 Å². The predicted octanol–water partition coefficient (Wildman–Crippen LogP) is 8.23. The number of fused-ring (bicyclic) bond motifs is 7. The summed E-state index contributed by atoms with van der Waals surface area (Å²) < 4.78 is 0. The molecule has 214 valence electrons. The van der Waals surface area contributed by atoms with Crippen LogP contribution in [0, 0.1) is 20.8 Å². The first-order valence-corrected chi connectivity index (χ1v) is 16.3. The first-order chi connectivity index (χ1) is 21.8. The van der Waals surface area contributed by atoms with E-state index in [1.807, 2.05) is 0 Å². The fourth-order valence-electron chi connectivity index (χ4n) is 10.1. The number of para-hydroxylation sites is 3. The zero-order valence-corrected chi connectivity index (χ0v) is 26.5. The van der Waals surface area contributed by atoms with Gasteiger partial charge in [0.25, 0.3) is 0 Å². The van der Waals surface area contributed by atoms with Crippen molar-refractivity contribution in [3.63, 3.8) is 0 Å². The fourth-order valence-corrected chi connectivity index (χ4v) is 10.1. The molecule has 1 aliphatic carbocycles. The summed E-state index contributed by atoms with van der Waals surface area (Å²) in [5.41, 5.74) is 23.1. The molecule has 3 aliphatic heterocycles. The van der Waals surface area contributed by atoms with Crippen molar-refractivity contribution in [3.8, 4) is 11.1 Å². The first kappa shape index (κ1) is 25.5. The van der Waals surface area contributed by atoms with Crippen LogP contribution in [0.5, 0.6) is 0 Å². The van der Waals surface area contributed by atoms with Crippen LogP contribution in [0.2, 0.25) is 0 Å². The van der Waals surface area contributed by atoms with Crippen molar-refractivity contribution in [1.82, 2.24) is 0 Å². The average molecular weight is 576 g/mol. The van der Waals surface area contributed by atoms with Crippen LogP contribution in [0.1, 0.15) is 63.9 Å². The molecular weight excluding hydrogens is 541 g/mol. The summed E-state index contributed by atoms with van der Waals surface area (Å²) in [4.78, 5) is 2.69. The SMILES string of the molecule is Cc1cc(C)c(B2c3cccc4c3N3c5c2cccc5C2(c5ccccc5-c5ccccc52)c2cccc(c23)C4(C)C)c(C)c1. The van der Waals surface area contributed by atoms with Gasteiger partial charge in [0.1, 0.15) is 0 Å². The highest BCUT2D eigenvalue weighted by atomic mass is 15.2. The fraction of sp³-hybridized carbons (Fsp3) is 0.163. The molecule has 45 heavy (non-hydrogen) atoms. The molecule has 1 nitrogen and oxygen atoms in total. The summed E-state index contributed by atoms with van der Waals surface area (Å²) in [6.07, 6.45) is 0. The average Bonchev–Trinajstić information content (AvgIpc) is 3.33. The third-order valence-electron chi connectivity index (χ3n) is 11.6. The van der Waals surface area contributed by atoms with Gasteiger partial charge in [-0.05, 0) is 76.2 Å². The summed E-state index contributed by atoms with van der Waals surface area (Å²) in [6, 6.07) is 44.5. The molecule has 0 saturated heterocycles. The lowest BCUT2D eigenvalue weighted by molar-refractivity contribution is 0.622. The molecule has 0 fully saturated rings. The van der Waals surface area contributed by atoms with Crippen molar-refractivity contribution in [3.05, 3.63) is 165 Å². The van der Waals surface area contributed by atoms with E-state index in [1.165, 1.54) is 94.6 Å². The summed E-state index contributed by atoms with van der Waals surface area (Å²) in [5, 5.41) is 0. The zero-order valence-electron chi connectivity index (χ0n) is 26.5. The first-order valence-electron chi connectivity index (χ1n) is 16.3. The van der Waals surface area contributed by atoms with Crippen molar-refractivity contribution in [2.75, 3.05) is 4.90 Å². The lowest BCUT2D eigenvalue weighted by atomic mass is 9.33. The second-order valence-electron chi connectivity index (χ2n) is 14.2. The van der Waals surface area contributed by atoms with Gasteiger partial charge in [0.05, 0.1) is 11.1 Å². The van der Waals surface area contributed by atoms with E-state index in [9.17, 15) is 0 Å². The van der Waals surface area contributed by atoms with Crippen LogP contribution in [0.3, 0.4) is 0 Å². The molecule has 0 N–H and O–H groups in total. The highest BCUT2D eigenvalue weighted by molar-refractivity contribution is 6.98. The molecule has 1 spiro atoms. The van der Waals surface area contributed by atoms with Gasteiger partial charge in [0.15, 0.2) is 0 Å². The number of hydrogen-bond acceptors (Lipinski definition) is 1. The minimum Gasteiger partial charge on any atom is -0.310 e. The quantitative estimate of drug-likeness (QED) is 0.178. The Hall–Kier alpha value is -4.82. The normalized spacial score (nSPS) is 16.4. The van der Waals surface area contributed by atoms with Gasteiger partial charge >= 0.3 is 0 Å². The number of aryl methyl sites for hydroxylation is 3. The Labute approximate surface area is 266 Å². The summed E-state index contributed by atoms with van der Waals surface area (Å²) >= 11 is 0.